The molecular formula is C19H23FN2O2. The van der Waals surface area contributed by atoms with E-state index in [0.717, 1.165) is 17.7 Å². The Balaban J connectivity index is 1.79. The van der Waals surface area contributed by atoms with Crippen molar-refractivity contribution in [3.8, 4) is 5.75 Å². The summed E-state index contributed by atoms with van der Waals surface area (Å²) in [6, 6.07) is 12.1. The molecule has 1 atom stereocenters. The van der Waals surface area contributed by atoms with Crippen molar-refractivity contribution in [2.75, 3.05) is 19.0 Å². The molecule has 0 bridgehead atoms. The molecule has 2 aromatic rings. The Morgan fingerprint density at radius 2 is 1.92 bits per heavy atom. The molecule has 4 nitrogen and oxygen atoms in total. The van der Waals surface area contributed by atoms with Crippen molar-refractivity contribution in [3.05, 3.63) is 59.4 Å². The Morgan fingerprint density at radius 3 is 2.54 bits per heavy atom. The monoisotopic (exact) mass is 330 g/mol. The summed E-state index contributed by atoms with van der Waals surface area (Å²) in [4.78, 5) is 12.1. The van der Waals surface area contributed by atoms with Crippen LogP contribution in [0.5, 0.6) is 5.75 Å². The third-order valence-electron chi connectivity index (χ3n) is 3.82. The van der Waals surface area contributed by atoms with Gasteiger partial charge in [0, 0.05) is 12.2 Å². The zero-order valence-electron chi connectivity index (χ0n) is 14.2. The minimum atomic E-state index is -0.442. The lowest BCUT2D eigenvalue weighted by molar-refractivity contribution is -0.121. The second-order valence-electron chi connectivity index (χ2n) is 5.72. The van der Waals surface area contributed by atoms with Crippen LogP contribution in [0.4, 0.5) is 10.1 Å². The molecule has 0 radical (unpaired) electrons. The Labute approximate surface area is 142 Å². The molecule has 0 saturated carbocycles. The zero-order valence-corrected chi connectivity index (χ0v) is 14.2. The van der Waals surface area contributed by atoms with E-state index in [1.807, 2.05) is 24.3 Å². The maximum Gasteiger partial charge on any atom is 0.242 e. The number of nitrogens with one attached hydrogen (secondary N) is 2. The molecule has 1 unspecified atom stereocenters. The number of anilines is 1. The topological polar surface area (TPSA) is 50.4 Å². The van der Waals surface area contributed by atoms with E-state index in [1.165, 1.54) is 6.07 Å². The van der Waals surface area contributed by atoms with Crippen LogP contribution in [0.3, 0.4) is 0 Å². The average Bonchev–Trinajstić information content (AvgIpc) is 2.58. The van der Waals surface area contributed by atoms with Crippen molar-refractivity contribution in [1.29, 1.82) is 0 Å². The van der Waals surface area contributed by atoms with E-state index in [-0.39, 0.29) is 11.7 Å². The number of amides is 1. The van der Waals surface area contributed by atoms with Crippen molar-refractivity contribution >= 4 is 11.6 Å². The van der Waals surface area contributed by atoms with Gasteiger partial charge in [-0.05, 0) is 55.7 Å². The van der Waals surface area contributed by atoms with E-state index in [9.17, 15) is 9.18 Å². The van der Waals surface area contributed by atoms with Gasteiger partial charge in [-0.15, -0.1) is 0 Å². The molecule has 128 valence electrons. The molecular weight excluding hydrogens is 307 g/mol. The molecule has 24 heavy (non-hydrogen) atoms. The summed E-state index contributed by atoms with van der Waals surface area (Å²) in [5, 5.41) is 5.88. The average molecular weight is 330 g/mol. The molecule has 0 aliphatic carbocycles. The first-order valence-corrected chi connectivity index (χ1v) is 7.93. The van der Waals surface area contributed by atoms with Crippen molar-refractivity contribution in [2.24, 2.45) is 0 Å². The number of benzene rings is 2. The predicted octanol–water partition coefficient (Wildman–Crippen LogP) is 3.30. The molecule has 2 rings (SSSR count). The van der Waals surface area contributed by atoms with Crippen LogP contribution >= 0.6 is 0 Å². The highest BCUT2D eigenvalue weighted by molar-refractivity contribution is 5.84. The normalized spacial score (nSPS) is 11.7. The maximum absolute atomic E-state index is 13.5. The van der Waals surface area contributed by atoms with Gasteiger partial charge in [-0.2, -0.15) is 0 Å². The number of carbonyl (C=O) groups excluding carboxylic acids is 1. The van der Waals surface area contributed by atoms with Crippen molar-refractivity contribution in [2.45, 2.75) is 26.3 Å². The standard InChI is InChI=1S/C19H23FN2O2/c1-13-4-7-16(12-18(13)20)22-14(2)19(23)21-11-10-15-5-8-17(24-3)9-6-15/h4-9,12,14,22H,10-11H2,1-3H3,(H,21,23). The SMILES string of the molecule is COc1ccc(CCNC(=O)C(C)Nc2ccc(C)c(F)c2)cc1. The summed E-state index contributed by atoms with van der Waals surface area (Å²) in [5.74, 6) is 0.405. The van der Waals surface area contributed by atoms with Gasteiger partial charge in [-0.3, -0.25) is 4.79 Å². The van der Waals surface area contributed by atoms with Crippen LogP contribution in [-0.2, 0) is 11.2 Å². The summed E-state index contributed by atoms with van der Waals surface area (Å²) in [6.07, 6.45) is 0.738. The second kappa shape index (κ2) is 8.34. The van der Waals surface area contributed by atoms with Crippen LogP contribution < -0.4 is 15.4 Å². The Kier molecular flexibility index (Phi) is 6.18. The number of methoxy groups -OCH3 is 1. The fourth-order valence-electron chi connectivity index (χ4n) is 2.27. The quantitative estimate of drug-likeness (QED) is 0.819. The van der Waals surface area contributed by atoms with E-state index >= 15 is 0 Å². The van der Waals surface area contributed by atoms with Gasteiger partial charge < -0.3 is 15.4 Å². The number of carbonyl (C=O) groups is 1. The highest BCUT2D eigenvalue weighted by atomic mass is 19.1. The smallest absolute Gasteiger partial charge is 0.242 e. The minimum absolute atomic E-state index is 0.121. The van der Waals surface area contributed by atoms with Crippen LogP contribution in [0.1, 0.15) is 18.1 Å². The van der Waals surface area contributed by atoms with E-state index in [2.05, 4.69) is 10.6 Å². The molecule has 2 N–H and O–H groups in total. The molecule has 1 amide bonds. The van der Waals surface area contributed by atoms with E-state index in [0.29, 0.717) is 17.8 Å². The molecule has 0 spiro atoms. The fourth-order valence-corrected chi connectivity index (χ4v) is 2.27. The summed E-state index contributed by atoms with van der Waals surface area (Å²) in [5.41, 5.74) is 2.30. The molecule has 0 aromatic heterocycles. The summed E-state index contributed by atoms with van der Waals surface area (Å²) in [7, 11) is 1.63. The van der Waals surface area contributed by atoms with Crippen molar-refractivity contribution < 1.29 is 13.9 Å². The lowest BCUT2D eigenvalue weighted by atomic mass is 10.1. The second-order valence-corrected chi connectivity index (χ2v) is 5.72. The summed E-state index contributed by atoms with van der Waals surface area (Å²) < 4.78 is 18.6. The molecule has 0 aliphatic rings. The number of halogens is 1. The molecule has 5 heteroatoms. The van der Waals surface area contributed by atoms with E-state index in [4.69, 9.17) is 4.74 Å². The summed E-state index contributed by atoms with van der Waals surface area (Å²) >= 11 is 0. The minimum Gasteiger partial charge on any atom is -0.497 e. The van der Waals surface area contributed by atoms with Gasteiger partial charge in [0.2, 0.25) is 5.91 Å². The first-order valence-electron chi connectivity index (χ1n) is 7.93. The predicted molar refractivity (Wildman–Crippen MR) is 93.9 cm³/mol. The lowest BCUT2D eigenvalue weighted by Gasteiger charge is -2.15. The number of hydrogen-bond donors (Lipinski definition) is 2. The van der Waals surface area contributed by atoms with Crippen LogP contribution in [-0.4, -0.2) is 25.6 Å². The molecule has 0 heterocycles. The van der Waals surface area contributed by atoms with Gasteiger partial charge in [-0.1, -0.05) is 18.2 Å². The Morgan fingerprint density at radius 1 is 1.21 bits per heavy atom. The molecule has 0 aliphatic heterocycles. The largest absolute Gasteiger partial charge is 0.497 e. The zero-order chi connectivity index (χ0) is 17.5. The number of rotatable bonds is 7. The van der Waals surface area contributed by atoms with E-state index in [1.54, 1.807) is 33.1 Å². The Bertz CT molecular complexity index is 686. The molecule has 2 aromatic carbocycles. The Hall–Kier alpha value is -2.56. The summed E-state index contributed by atoms with van der Waals surface area (Å²) in [6.45, 7) is 3.99. The first-order chi connectivity index (χ1) is 11.5. The van der Waals surface area contributed by atoms with Gasteiger partial charge >= 0.3 is 0 Å². The highest BCUT2D eigenvalue weighted by Crippen LogP contribution is 2.14. The fraction of sp³-hybridized carbons (Fsp3) is 0.316. The van der Waals surface area contributed by atoms with Gasteiger partial charge in [0.15, 0.2) is 0 Å². The van der Waals surface area contributed by atoms with Gasteiger partial charge in [-0.25, -0.2) is 4.39 Å². The highest BCUT2D eigenvalue weighted by Gasteiger charge is 2.12. The van der Waals surface area contributed by atoms with Crippen LogP contribution in [0, 0.1) is 12.7 Å². The number of aryl methyl sites for hydroxylation is 1. The number of hydrogen-bond acceptors (Lipinski definition) is 3. The lowest BCUT2D eigenvalue weighted by Crippen LogP contribution is -2.38. The molecule has 0 fully saturated rings. The van der Waals surface area contributed by atoms with Crippen LogP contribution in [0.25, 0.3) is 0 Å². The first kappa shape index (κ1) is 17.8. The van der Waals surface area contributed by atoms with Crippen LogP contribution in [0.15, 0.2) is 42.5 Å². The molecule has 0 saturated heterocycles. The van der Waals surface area contributed by atoms with Gasteiger partial charge in [0.05, 0.1) is 7.11 Å². The third-order valence-corrected chi connectivity index (χ3v) is 3.82. The van der Waals surface area contributed by atoms with Gasteiger partial charge in [0.1, 0.15) is 17.6 Å². The van der Waals surface area contributed by atoms with Crippen LogP contribution in [0.2, 0.25) is 0 Å². The number of ether oxygens (including phenoxy) is 1. The van der Waals surface area contributed by atoms with Gasteiger partial charge in [0.25, 0.3) is 0 Å². The van der Waals surface area contributed by atoms with Crippen molar-refractivity contribution in [3.63, 3.8) is 0 Å². The third kappa shape index (κ3) is 4.98. The van der Waals surface area contributed by atoms with Crippen molar-refractivity contribution in [1.82, 2.24) is 5.32 Å². The maximum atomic E-state index is 13.5. The van der Waals surface area contributed by atoms with E-state index < -0.39 is 6.04 Å².